The molecule has 5 nitrogen and oxygen atoms in total. The van der Waals surface area contributed by atoms with Gasteiger partial charge in [-0.05, 0) is 24.8 Å². The third-order valence-electron chi connectivity index (χ3n) is 4.81. The van der Waals surface area contributed by atoms with E-state index in [1.54, 1.807) is 4.31 Å². The Bertz CT molecular complexity index is 641. The van der Waals surface area contributed by atoms with Gasteiger partial charge in [0.2, 0.25) is 15.9 Å². The van der Waals surface area contributed by atoms with E-state index in [4.69, 9.17) is 0 Å². The minimum Gasteiger partial charge on any atom is -0.341 e. The Morgan fingerprint density at radius 1 is 1.00 bits per heavy atom. The largest absolute Gasteiger partial charge is 0.341 e. The number of benzene rings is 1. The second-order valence-corrected chi connectivity index (χ2v) is 8.42. The molecular weight excluding hydrogens is 312 g/mol. The van der Waals surface area contributed by atoms with E-state index in [1.807, 2.05) is 35.2 Å². The number of nitrogens with zero attached hydrogens (tertiary/aromatic N) is 2. The van der Waals surface area contributed by atoms with Crippen LogP contribution < -0.4 is 0 Å². The van der Waals surface area contributed by atoms with Crippen molar-refractivity contribution in [2.24, 2.45) is 5.92 Å². The lowest BCUT2D eigenvalue weighted by atomic mass is 9.84. The summed E-state index contributed by atoms with van der Waals surface area (Å²) in [4.78, 5) is 14.2. The second-order valence-electron chi connectivity index (χ2n) is 6.45. The molecule has 0 spiro atoms. The monoisotopic (exact) mass is 336 g/mol. The van der Waals surface area contributed by atoms with Crippen molar-refractivity contribution < 1.29 is 13.2 Å². The van der Waals surface area contributed by atoms with Crippen molar-refractivity contribution >= 4 is 15.9 Å². The van der Waals surface area contributed by atoms with E-state index >= 15 is 0 Å². The molecular formula is C17H24N2O3S. The summed E-state index contributed by atoms with van der Waals surface area (Å²) in [5, 5.41) is 0. The molecule has 0 aromatic heterocycles. The lowest BCUT2D eigenvalue weighted by molar-refractivity contribution is -0.138. The first kappa shape index (κ1) is 16.5. The van der Waals surface area contributed by atoms with Gasteiger partial charge in [-0.2, -0.15) is 4.31 Å². The first-order valence-corrected chi connectivity index (χ1v) is 9.98. The number of sulfonamides is 1. The SMILES string of the molecule is O=C(C1CCC1)N1CCCN(S(=O)(=O)Cc2ccccc2)CC1. The summed E-state index contributed by atoms with van der Waals surface area (Å²) < 4.78 is 26.8. The zero-order valence-corrected chi connectivity index (χ0v) is 14.2. The summed E-state index contributed by atoms with van der Waals surface area (Å²) in [5.74, 6) is 0.436. The summed E-state index contributed by atoms with van der Waals surface area (Å²) in [6.07, 6.45) is 3.84. The molecule has 1 amide bonds. The fourth-order valence-electron chi connectivity index (χ4n) is 3.18. The van der Waals surface area contributed by atoms with Gasteiger partial charge in [-0.15, -0.1) is 0 Å². The number of hydrogen-bond acceptors (Lipinski definition) is 3. The molecule has 2 aliphatic rings. The van der Waals surface area contributed by atoms with E-state index in [0.717, 1.165) is 24.8 Å². The van der Waals surface area contributed by atoms with Gasteiger partial charge in [-0.1, -0.05) is 36.8 Å². The molecule has 0 atom stereocenters. The quantitative estimate of drug-likeness (QED) is 0.843. The van der Waals surface area contributed by atoms with Gasteiger partial charge in [0.1, 0.15) is 0 Å². The van der Waals surface area contributed by atoms with E-state index in [9.17, 15) is 13.2 Å². The van der Waals surface area contributed by atoms with E-state index < -0.39 is 10.0 Å². The maximum atomic E-state index is 12.6. The molecule has 1 aliphatic carbocycles. The molecule has 1 aliphatic heterocycles. The molecule has 0 N–H and O–H groups in total. The first-order valence-electron chi connectivity index (χ1n) is 8.37. The molecule has 2 fully saturated rings. The highest BCUT2D eigenvalue weighted by atomic mass is 32.2. The molecule has 1 heterocycles. The molecule has 0 unspecified atom stereocenters. The Morgan fingerprint density at radius 3 is 2.39 bits per heavy atom. The van der Waals surface area contributed by atoms with Crippen molar-refractivity contribution in [3.63, 3.8) is 0 Å². The van der Waals surface area contributed by atoms with Crippen LogP contribution in [0.25, 0.3) is 0 Å². The maximum absolute atomic E-state index is 12.6. The van der Waals surface area contributed by atoms with Crippen LogP contribution in [0.3, 0.4) is 0 Å². The zero-order valence-electron chi connectivity index (χ0n) is 13.4. The van der Waals surface area contributed by atoms with Crippen LogP contribution in [0.15, 0.2) is 30.3 Å². The molecule has 0 bridgehead atoms. The number of rotatable bonds is 4. The number of carbonyl (C=O) groups is 1. The summed E-state index contributed by atoms with van der Waals surface area (Å²) in [6, 6.07) is 9.26. The second kappa shape index (κ2) is 7.01. The average molecular weight is 336 g/mol. The molecule has 1 aromatic carbocycles. The highest BCUT2D eigenvalue weighted by Crippen LogP contribution is 2.28. The van der Waals surface area contributed by atoms with Crippen molar-refractivity contribution in [3.05, 3.63) is 35.9 Å². The predicted octanol–water partition coefficient (Wildman–Crippen LogP) is 1.85. The van der Waals surface area contributed by atoms with E-state index in [-0.39, 0.29) is 17.6 Å². The molecule has 0 radical (unpaired) electrons. The number of carbonyl (C=O) groups excluding carboxylic acids is 1. The van der Waals surface area contributed by atoms with Crippen molar-refractivity contribution in [2.75, 3.05) is 26.2 Å². The van der Waals surface area contributed by atoms with E-state index in [0.29, 0.717) is 32.6 Å². The van der Waals surface area contributed by atoms with Crippen LogP contribution in [0, 0.1) is 5.92 Å². The maximum Gasteiger partial charge on any atom is 0.225 e. The smallest absolute Gasteiger partial charge is 0.225 e. The number of hydrogen-bond donors (Lipinski definition) is 0. The van der Waals surface area contributed by atoms with Gasteiger partial charge in [0.15, 0.2) is 0 Å². The van der Waals surface area contributed by atoms with Crippen LogP contribution in [0.1, 0.15) is 31.2 Å². The van der Waals surface area contributed by atoms with Crippen LogP contribution in [0.4, 0.5) is 0 Å². The summed E-state index contributed by atoms with van der Waals surface area (Å²) in [5.41, 5.74) is 0.805. The molecule has 6 heteroatoms. The van der Waals surface area contributed by atoms with Gasteiger partial charge < -0.3 is 4.90 Å². The highest BCUT2D eigenvalue weighted by Gasteiger charge is 2.32. The van der Waals surface area contributed by atoms with Crippen LogP contribution >= 0.6 is 0 Å². The minimum atomic E-state index is -3.33. The van der Waals surface area contributed by atoms with Crippen molar-refractivity contribution in [1.82, 2.24) is 9.21 Å². The fraction of sp³-hybridized carbons (Fsp3) is 0.588. The van der Waals surface area contributed by atoms with E-state index in [1.165, 1.54) is 0 Å². The van der Waals surface area contributed by atoms with Gasteiger partial charge in [-0.3, -0.25) is 4.79 Å². The van der Waals surface area contributed by atoms with Gasteiger partial charge in [0.05, 0.1) is 5.75 Å². The Morgan fingerprint density at radius 2 is 1.74 bits per heavy atom. The van der Waals surface area contributed by atoms with Crippen molar-refractivity contribution in [3.8, 4) is 0 Å². The van der Waals surface area contributed by atoms with Crippen molar-refractivity contribution in [2.45, 2.75) is 31.4 Å². The van der Waals surface area contributed by atoms with Crippen LogP contribution in [0.2, 0.25) is 0 Å². The summed E-state index contributed by atoms with van der Waals surface area (Å²) in [7, 11) is -3.33. The average Bonchev–Trinajstić information content (AvgIpc) is 2.72. The fourth-order valence-corrected chi connectivity index (χ4v) is 4.75. The standard InChI is InChI=1S/C17H24N2O3S/c20-17(16-8-4-9-16)18-10-5-11-19(13-12-18)23(21,22)14-15-6-2-1-3-7-15/h1-3,6-7,16H,4-5,8-14H2. The van der Waals surface area contributed by atoms with Gasteiger partial charge in [-0.25, -0.2) is 8.42 Å². The summed E-state index contributed by atoms with van der Waals surface area (Å²) in [6.45, 7) is 2.10. The topological polar surface area (TPSA) is 57.7 Å². The molecule has 1 saturated carbocycles. The third-order valence-corrected chi connectivity index (χ3v) is 6.66. The van der Waals surface area contributed by atoms with Gasteiger partial charge in [0.25, 0.3) is 0 Å². The Labute approximate surface area is 138 Å². The zero-order chi connectivity index (χ0) is 16.3. The third kappa shape index (κ3) is 3.93. The Hall–Kier alpha value is -1.40. The van der Waals surface area contributed by atoms with E-state index in [2.05, 4.69) is 0 Å². The lowest BCUT2D eigenvalue weighted by Gasteiger charge is -2.31. The molecule has 1 saturated heterocycles. The van der Waals surface area contributed by atoms with Crippen LogP contribution in [-0.4, -0.2) is 49.7 Å². The minimum absolute atomic E-state index is 0.0322. The van der Waals surface area contributed by atoms with Gasteiger partial charge >= 0.3 is 0 Å². The van der Waals surface area contributed by atoms with Crippen LogP contribution in [-0.2, 0) is 20.6 Å². The lowest BCUT2D eigenvalue weighted by Crippen LogP contribution is -2.41. The Balaban J connectivity index is 1.61. The number of amides is 1. The van der Waals surface area contributed by atoms with Gasteiger partial charge in [0, 0.05) is 32.1 Å². The molecule has 1 aromatic rings. The Kier molecular flexibility index (Phi) is 5.02. The van der Waals surface area contributed by atoms with Crippen molar-refractivity contribution in [1.29, 1.82) is 0 Å². The normalized spacial score (nSPS) is 20.8. The predicted molar refractivity (Wildman–Crippen MR) is 89.2 cm³/mol. The first-order chi connectivity index (χ1) is 11.1. The highest BCUT2D eigenvalue weighted by molar-refractivity contribution is 7.88. The molecule has 126 valence electrons. The molecule has 23 heavy (non-hydrogen) atoms. The molecule has 3 rings (SSSR count). The summed E-state index contributed by atoms with van der Waals surface area (Å²) >= 11 is 0. The van der Waals surface area contributed by atoms with Crippen LogP contribution in [0.5, 0.6) is 0 Å².